The van der Waals surface area contributed by atoms with Gasteiger partial charge in [-0.2, -0.15) is 0 Å². The van der Waals surface area contributed by atoms with Crippen LogP contribution in [0.5, 0.6) is 11.5 Å². The normalized spacial score (nSPS) is 10.6. The molecule has 0 radical (unpaired) electrons. The second-order valence-corrected chi connectivity index (χ2v) is 7.30. The van der Waals surface area contributed by atoms with E-state index in [9.17, 15) is 13.6 Å². The van der Waals surface area contributed by atoms with Gasteiger partial charge in [0.2, 0.25) is 0 Å². The van der Waals surface area contributed by atoms with E-state index in [0.717, 1.165) is 6.07 Å². The highest BCUT2D eigenvalue weighted by molar-refractivity contribution is 5.95. The van der Waals surface area contributed by atoms with Gasteiger partial charge in [-0.1, -0.05) is 12.1 Å². The second kappa shape index (κ2) is 9.44. The first-order chi connectivity index (χ1) is 15.9. The first kappa shape index (κ1) is 21.9. The van der Waals surface area contributed by atoms with Crippen molar-refractivity contribution in [3.8, 4) is 11.5 Å². The third kappa shape index (κ3) is 4.95. The molecule has 2 aromatic heterocycles. The summed E-state index contributed by atoms with van der Waals surface area (Å²) in [5, 5.41) is 0. The number of aromatic nitrogens is 2. The molecule has 6 nitrogen and oxygen atoms in total. The summed E-state index contributed by atoms with van der Waals surface area (Å²) >= 11 is 0. The average molecular weight is 446 g/mol. The first-order valence-corrected chi connectivity index (χ1v) is 10.1. The van der Waals surface area contributed by atoms with Crippen molar-refractivity contribution in [2.24, 2.45) is 5.73 Å². The third-order valence-electron chi connectivity index (χ3n) is 4.98. The number of rotatable bonds is 7. The van der Waals surface area contributed by atoms with E-state index in [1.807, 2.05) is 6.07 Å². The van der Waals surface area contributed by atoms with Crippen molar-refractivity contribution in [3.05, 3.63) is 108 Å². The van der Waals surface area contributed by atoms with E-state index in [2.05, 4.69) is 9.97 Å². The van der Waals surface area contributed by atoms with E-state index >= 15 is 0 Å². The number of anilines is 2. The zero-order chi connectivity index (χ0) is 23.4. The zero-order valence-electron chi connectivity index (χ0n) is 17.7. The number of carbonyl (C=O) groups is 1. The van der Waals surface area contributed by atoms with Crippen molar-refractivity contribution in [1.82, 2.24) is 9.97 Å². The Morgan fingerprint density at radius 1 is 1.00 bits per heavy atom. The molecule has 0 saturated heterocycles. The molecule has 4 rings (SSSR count). The molecule has 0 atom stereocenters. The molecule has 0 spiro atoms. The monoisotopic (exact) mass is 446 g/mol. The summed E-state index contributed by atoms with van der Waals surface area (Å²) < 4.78 is 33.7. The Morgan fingerprint density at radius 3 is 2.45 bits per heavy atom. The lowest BCUT2D eigenvalue weighted by molar-refractivity contribution is 0.0998. The van der Waals surface area contributed by atoms with Crippen molar-refractivity contribution in [2.75, 3.05) is 4.90 Å². The number of hydrogen-bond donors (Lipinski definition) is 1. The van der Waals surface area contributed by atoms with Crippen molar-refractivity contribution in [3.63, 3.8) is 0 Å². The SMILES string of the molecule is Cc1c(Oc2ccccc2C(N)=O)ccnc1N(Cc1cc(F)cc(F)c1)c1cccnc1. The highest BCUT2D eigenvalue weighted by Crippen LogP contribution is 2.35. The van der Waals surface area contributed by atoms with Gasteiger partial charge in [-0.3, -0.25) is 9.78 Å². The fourth-order valence-electron chi connectivity index (χ4n) is 3.45. The largest absolute Gasteiger partial charge is 0.456 e. The van der Waals surface area contributed by atoms with Crippen molar-refractivity contribution >= 4 is 17.4 Å². The minimum atomic E-state index is -0.666. The molecule has 0 fully saturated rings. The predicted octanol–water partition coefficient (Wildman–Crippen LogP) is 5.29. The molecule has 8 heteroatoms. The number of carbonyl (C=O) groups excluding carboxylic acids is 1. The van der Waals surface area contributed by atoms with E-state index in [1.165, 1.54) is 12.1 Å². The summed E-state index contributed by atoms with van der Waals surface area (Å²) in [6, 6.07) is 15.3. The quantitative estimate of drug-likeness (QED) is 0.417. The molecule has 0 unspecified atom stereocenters. The van der Waals surface area contributed by atoms with Gasteiger partial charge >= 0.3 is 0 Å². The fourth-order valence-corrected chi connectivity index (χ4v) is 3.45. The molecule has 166 valence electrons. The number of para-hydroxylation sites is 1. The number of pyridine rings is 2. The summed E-state index contributed by atoms with van der Waals surface area (Å²) in [6.07, 6.45) is 4.82. The molecule has 4 aromatic rings. The fraction of sp³-hybridized carbons (Fsp3) is 0.0800. The minimum Gasteiger partial charge on any atom is -0.456 e. The second-order valence-electron chi connectivity index (χ2n) is 7.30. The molecule has 1 amide bonds. The number of nitrogens with two attached hydrogens (primary N) is 1. The smallest absolute Gasteiger partial charge is 0.252 e. The molecular weight excluding hydrogens is 426 g/mol. The third-order valence-corrected chi connectivity index (χ3v) is 4.98. The van der Waals surface area contributed by atoms with Gasteiger partial charge in [0.25, 0.3) is 5.91 Å². The molecule has 0 aliphatic rings. The number of hydrogen-bond acceptors (Lipinski definition) is 5. The van der Waals surface area contributed by atoms with Gasteiger partial charge in [0.05, 0.1) is 17.4 Å². The summed E-state index contributed by atoms with van der Waals surface area (Å²) in [4.78, 5) is 22.2. The highest BCUT2D eigenvalue weighted by Gasteiger charge is 2.19. The van der Waals surface area contributed by atoms with Crippen LogP contribution in [0.1, 0.15) is 21.5 Å². The van der Waals surface area contributed by atoms with E-state index in [-0.39, 0.29) is 12.1 Å². The Bertz CT molecular complexity index is 1280. The van der Waals surface area contributed by atoms with Gasteiger partial charge in [-0.15, -0.1) is 0 Å². The lowest BCUT2D eigenvalue weighted by Crippen LogP contribution is -2.19. The topological polar surface area (TPSA) is 81.3 Å². The lowest BCUT2D eigenvalue weighted by Gasteiger charge is -2.26. The first-order valence-electron chi connectivity index (χ1n) is 10.1. The summed E-state index contributed by atoms with van der Waals surface area (Å²) in [6.45, 7) is 1.94. The Hall–Kier alpha value is -4.33. The van der Waals surface area contributed by atoms with Gasteiger partial charge in [0.1, 0.15) is 29.0 Å². The van der Waals surface area contributed by atoms with Crippen LogP contribution in [-0.4, -0.2) is 15.9 Å². The van der Waals surface area contributed by atoms with Crippen LogP contribution >= 0.6 is 0 Å². The molecule has 2 N–H and O–H groups in total. The molecule has 0 bridgehead atoms. The number of primary amides is 1. The van der Waals surface area contributed by atoms with Crippen LogP contribution in [0.25, 0.3) is 0 Å². The maximum Gasteiger partial charge on any atom is 0.252 e. The highest BCUT2D eigenvalue weighted by atomic mass is 19.1. The van der Waals surface area contributed by atoms with Crippen LogP contribution in [0.3, 0.4) is 0 Å². The lowest BCUT2D eigenvalue weighted by atomic mass is 10.1. The molecule has 2 aromatic carbocycles. The summed E-state index contributed by atoms with van der Waals surface area (Å²) in [5.74, 6) is -0.676. The van der Waals surface area contributed by atoms with Gasteiger partial charge in [0, 0.05) is 30.6 Å². The Labute approximate surface area is 189 Å². The van der Waals surface area contributed by atoms with Crippen LogP contribution in [0.15, 0.2) is 79.3 Å². The van der Waals surface area contributed by atoms with Crippen molar-refractivity contribution in [2.45, 2.75) is 13.5 Å². The number of amides is 1. The molecule has 0 saturated carbocycles. The van der Waals surface area contributed by atoms with Crippen molar-refractivity contribution in [1.29, 1.82) is 0 Å². The Morgan fingerprint density at radius 2 is 1.76 bits per heavy atom. The molecule has 2 heterocycles. The van der Waals surface area contributed by atoms with Crippen LogP contribution in [0.2, 0.25) is 0 Å². The van der Waals surface area contributed by atoms with Gasteiger partial charge in [0.15, 0.2) is 0 Å². The number of nitrogens with zero attached hydrogens (tertiary/aromatic N) is 3. The maximum atomic E-state index is 13.8. The molecule has 33 heavy (non-hydrogen) atoms. The molecule has 0 aliphatic heterocycles. The van der Waals surface area contributed by atoms with Crippen LogP contribution < -0.4 is 15.4 Å². The van der Waals surface area contributed by atoms with E-state index in [4.69, 9.17) is 10.5 Å². The standard InChI is InChI=1S/C25H20F2N4O2/c1-16-22(33-23-7-3-2-6-21(23)24(28)32)8-10-30-25(16)31(20-5-4-9-29-14-20)15-17-11-18(26)13-19(27)12-17/h2-14H,15H2,1H3,(H2,28,32). The van der Waals surface area contributed by atoms with Gasteiger partial charge in [-0.05, 0) is 55.0 Å². The predicted molar refractivity (Wildman–Crippen MR) is 120 cm³/mol. The van der Waals surface area contributed by atoms with Crippen LogP contribution in [-0.2, 0) is 6.54 Å². The van der Waals surface area contributed by atoms with Gasteiger partial charge < -0.3 is 15.4 Å². The number of benzene rings is 2. The van der Waals surface area contributed by atoms with E-state index in [0.29, 0.717) is 34.1 Å². The Kier molecular flexibility index (Phi) is 6.26. The zero-order valence-corrected chi connectivity index (χ0v) is 17.7. The summed E-state index contributed by atoms with van der Waals surface area (Å²) in [7, 11) is 0. The van der Waals surface area contributed by atoms with Crippen LogP contribution in [0, 0.1) is 18.6 Å². The average Bonchev–Trinajstić information content (AvgIpc) is 2.79. The molecule has 0 aliphatic carbocycles. The van der Waals surface area contributed by atoms with Crippen LogP contribution in [0.4, 0.5) is 20.3 Å². The number of halogens is 2. The summed E-state index contributed by atoms with van der Waals surface area (Å²) in [5.41, 5.74) is 7.45. The Balaban J connectivity index is 1.76. The van der Waals surface area contributed by atoms with E-state index < -0.39 is 17.5 Å². The minimum absolute atomic E-state index is 0.134. The van der Waals surface area contributed by atoms with Gasteiger partial charge in [-0.25, -0.2) is 13.8 Å². The number of ether oxygens (including phenoxy) is 1. The van der Waals surface area contributed by atoms with Crippen molar-refractivity contribution < 1.29 is 18.3 Å². The molecular formula is C25H20F2N4O2. The van der Waals surface area contributed by atoms with E-state index in [1.54, 1.807) is 66.8 Å². The maximum absolute atomic E-state index is 13.8.